The molecule has 0 N–H and O–H groups in total. The summed E-state index contributed by atoms with van der Waals surface area (Å²) in [6, 6.07) is 0. The SMILES string of the molecule is CC(C)CC(=O)N1CCN(c2nccs2)CC1. The van der Waals surface area contributed by atoms with Crippen LogP contribution in [0.2, 0.25) is 0 Å². The van der Waals surface area contributed by atoms with Crippen molar-refractivity contribution in [3.05, 3.63) is 11.6 Å². The van der Waals surface area contributed by atoms with Gasteiger partial charge in [0.05, 0.1) is 0 Å². The largest absolute Gasteiger partial charge is 0.345 e. The van der Waals surface area contributed by atoms with Gasteiger partial charge in [-0.05, 0) is 5.92 Å². The first-order valence-electron chi connectivity index (χ1n) is 6.09. The molecule has 0 aliphatic carbocycles. The van der Waals surface area contributed by atoms with E-state index < -0.39 is 0 Å². The first kappa shape index (κ1) is 12.4. The lowest BCUT2D eigenvalue weighted by atomic mass is 10.1. The van der Waals surface area contributed by atoms with E-state index in [-0.39, 0.29) is 0 Å². The number of nitrogens with zero attached hydrogens (tertiary/aromatic N) is 3. The van der Waals surface area contributed by atoms with E-state index in [2.05, 4.69) is 23.7 Å². The number of hydrogen-bond acceptors (Lipinski definition) is 4. The number of aromatic nitrogens is 1. The molecule has 1 saturated heterocycles. The Balaban J connectivity index is 1.84. The maximum absolute atomic E-state index is 11.9. The van der Waals surface area contributed by atoms with Gasteiger partial charge in [0, 0.05) is 44.2 Å². The highest BCUT2D eigenvalue weighted by atomic mass is 32.1. The van der Waals surface area contributed by atoms with Gasteiger partial charge in [-0.25, -0.2) is 4.98 Å². The second kappa shape index (κ2) is 5.49. The molecular formula is C12H19N3OS. The predicted molar refractivity (Wildman–Crippen MR) is 70.4 cm³/mol. The van der Waals surface area contributed by atoms with Crippen LogP contribution in [-0.2, 0) is 4.79 Å². The second-order valence-corrected chi connectivity index (χ2v) is 5.65. The van der Waals surface area contributed by atoms with Crippen molar-refractivity contribution in [2.75, 3.05) is 31.1 Å². The molecule has 5 heteroatoms. The summed E-state index contributed by atoms with van der Waals surface area (Å²) in [7, 11) is 0. The minimum atomic E-state index is 0.291. The maximum Gasteiger partial charge on any atom is 0.222 e. The lowest BCUT2D eigenvalue weighted by molar-refractivity contribution is -0.132. The number of piperazine rings is 1. The Kier molecular flexibility index (Phi) is 3.99. The summed E-state index contributed by atoms with van der Waals surface area (Å²) in [5.41, 5.74) is 0. The highest BCUT2D eigenvalue weighted by molar-refractivity contribution is 7.13. The van der Waals surface area contributed by atoms with Crippen LogP contribution in [0.15, 0.2) is 11.6 Å². The van der Waals surface area contributed by atoms with Crippen LogP contribution < -0.4 is 4.90 Å². The highest BCUT2D eigenvalue weighted by Gasteiger charge is 2.22. The molecule has 2 heterocycles. The molecule has 1 aromatic heterocycles. The van der Waals surface area contributed by atoms with Crippen LogP contribution in [0.1, 0.15) is 20.3 Å². The van der Waals surface area contributed by atoms with Crippen molar-refractivity contribution in [3.63, 3.8) is 0 Å². The van der Waals surface area contributed by atoms with Gasteiger partial charge in [-0.3, -0.25) is 4.79 Å². The quantitative estimate of drug-likeness (QED) is 0.824. The van der Waals surface area contributed by atoms with Crippen LogP contribution in [0.4, 0.5) is 5.13 Å². The molecular weight excluding hydrogens is 234 g/mol. The third kappa shape index (κ3) is 3.19. The van der Waals surface area contributed by atoms with E-state index >= 15 is 0 Å². The van der Waals surface area contributed by atoms with Crippen molar-refractivity contribution in [3.8, 4) is 0 Å². The molecule has 0 saturated carbocycles. The van der Waals surface area contributed by atoms with E-state index in [9.17, 15) is 4.79 Å². The van der Waals surface area contributed by atoms with Crippen molar-refractivity contribution in [1.82, 2.24) is 9.88 Å². The summed E-state index contributed by atoms with van der Waals surface area (Å²) in [4.78, 5) is 20.4. The standard InChI is InChI=1S/C12H19N3OS/c1-10(2)9-11(16)14-4-6-15(7-5-14)12-13-3-8-17-12/h3,8,10H,4-7,9H2,1-2H3. The topological polar surface area (TPSA) is 36.4 Å². The summed E-state index contributed by atoms with van der Waals surface area (Å²) in [5.74, 6) is 0.735. The Bertz CT molecular complexity index is 356. The zero-order valence-corrected chi connectivity index (χ0v) is 11.2. The molecule has 17 heavy (non-hydrogen) atoms. The van der Waals surface area contributed by atoms with E-state index in [1.807, 2.05) is 16.5 Å². The molecule has 94 valence electrons. The summed E-state index contributed by atoms with van der Waals surface area (Å²) in [6.45, 7) is 7.62. The molecule has 1 fully saturated rings. The van der Waals surface area contributed by atoms with Gasteiger partial charge in [0.25, 0.3) is 0 Å². The van der Waals surface area contributed by atoms with Gasteiger partial charge in [0.15, 0.2) is 5.13 Å². The summed E-state index contributed by atoms with van der Waals surface area (Å²) < 4.78 is 0. The number of thiazole rings is 1. The number of carbonyl (C=O) groups is 1. The van der Waals surface area contributed by atoms with E-state index in [0.717, 1.165) is 31.3 Å². The minimum Gasteiger partial charge on any atom is -0.345 e. The molecule has 1 aliphatic rings. The summed E-state index contributed by atoms with van der Waals surface area (Å²) in [6.07, 6.45) is 2.49. The molecule has 1 aromatic rings. The van der Waals surface area contributed by atoms with Crippen LogP contribution in [-0.4, -0.2) is 42.0 Å². The smallest absolute Gasteiger partial charge is 0.222 e. The third-order valence-electron chi connectivity index (χ3n) is 2.91. The first-order chi connectivity index (χ1) is 8.16. The number of amides is 1. The zero-order chi connectivity index (χ0) is 12.3. The van der Waals surface area contributed by atoms with Crippen LogP contribution in [0, 0.1) is 5.92 Å². The van der Waals surface area contributed by atoms with Crippen molar-refractivity contribution >= 4 is 22.4 Å². The molecule has 0 spiro atoms. The fraction of sp³-hybridized carbons (Fsp3) is 0.667. The fourth-order valence-electron chi connectivity index (χ4n) is 2.00. The first-order valence-corrected chi connectivity index (χ1v) is 6.97. The van der Waals surface area contributed by atoms with E-state index in [1.165, 1.54) is 0 Å². The molecule has 0 unspecified atom stereocenters. The van der Waals surface area contributed by atoms with Crippen molar-refractivity contribution in [1.29, 1.82) is 0 Å². The number of carbonyl (C=O) groups excluding carboxylic acids is 1. The van der Waals surface area contributed by atoms with E-state index in [1.54, 1.807) is 11.3 Å². The van der Waals surface area contributed by atoms with Gasteiger partial charge in [-0.15, -0.1) is 11.3 Å². The Morgan fingerprint density at radius 1 is 1.41 bits per heavy atom. The predicted octanol–water partition coefficient (Wildman–Crippen LogP) is 1.84. The average molecular weight is 253 g/mol. The Labute approximate surface area is 106 Å². The van der Waals surface area contributed by atoms with Gasteiger partial charge >= 0.3 is 0 Å². The molecule has 2 rings (SSSR count). The van der Waals surface area contributed by atoms with Gasteiger partial charge < -0.3 is 9.80 Å². The van der Waals surface area contributed by atoms with Crippen molar-refractivity contribution < 1.29 is 4.79 Å². The van der Waals surface area contributed by atoms with Crippen molar-refractivity contribution in [2.45, 2.75) is 20.3 Å². The van der Waals surface area contributed by atoms with Crippen LogP contribution in [0.5, 0.6) is 0 Å². The Morgan fingerprint density at radius 2 is 2.12 bits per heavy atom. The Morgan fingerprint density at radius 3 is 2.65 bits per heavy atom. The molecule has 0 aromatic carbocycles. The zero-order valence-electron chi connectivity index (χ0n) is 10.4. The van der Waals surface area contributed by atoms with Crippen molar-refractivity contribution in [2.24, 2.45) is 5.92 Å². The lowest BCUT2D eigenvalue weighted by Crippen LogP contribution is -2.49. The summed E-state index contributed by atoms with van der Waals surface area (Å²) in [5, 5.41) is 3.06. The minimum absolute atomic E-state index is 0.291. The third-order valence-corrected chi connectivity index (χ3v) is 3.74. The normalized spacial score (nSPS) is 16.6. The number of anilines is 1. The lowest BCUT2D eigenvalue weighted by Gasteiger charge is -2.34. The van der Waals surface area contributed by atoms with E-state index in [4.69, 9.17) is 0 Å². The van der Waals surface area contributed by atoms with Gasteiger partial charge in [-0.1, -0.05) is 13.8 Å². The monoisotopic (exact) mass is 253 g/mol. The molecule has 0 atom stereocenters. The highest BCUT2D eigenvalue weighted by Crippen LogP contribution is 2.19. The maximum atomic E-state index is 11.9. The number of rotatable bonds is 3. The molecule has 4 nitrogen and oxygen atoms in total. The van der Waals surface area contributed by atoms with Crippen LogP contribution >= 0.6 is 11.3 Å². The molecule has 1 amide bonds. The number of hydrogen-bond donors (Lipinski definition) is 0. The van der Waals surface area contributed by atoms with Crippen LogP contribution in [0.3, 0.4) is 0 Å². The van der Waals surface area contributed by atoms with Gasteiger partial charge in [0.1, 0.15) is 0 Å². The second-order valence-electron chi connectivity index (χ2n) is 4.78. The van der Waals surface area contributed by atoms with E-state index in [0.29, 0.717) is 18.2 Å². The van der Waals surface area contributed by atoms with Crippen LogP contribution in [0.25, 0.3) is 0 Å². The molecule has 0 bridgehead atoms. The van der Waals surface area contributed by atoms with Gasteiger partial charge in [0.2, 0.25) is 5.91 Å². The average Bonchev–Trinajstić information content (AvgIpc) is 2.82. The summed E-state index contributed by atoms with van der Waals surface area (Å²) >= 11 is 1.66. The van der Waals surface area contributed by atoms with Gasteiger partial charge in [-0.2, -0.15) is 0 Å². The Hall–Kier alpha value is -1.10. The fourth-order valence-corrected chi connectivity index (χ4v) is 2.69. The molecule has 0 radical (unpaired) electrons. The molecule has 1 aliphatic heterocycles.